The van der Waals surface area contributed by atoms with Gasteiger partial charge in [0, 0.05) is 31.2 Å². The Morgan fingerprint density at radius 1 is 1.12 bits per heavy atom. The number of thiophene rings is 1. The van der Waals surface area contributed by atoms with Crippen LogP contribution in [-0.2, 0) is 6.42 Å². The first-order valence-corrected chi connectivity index (χ1v) is 7.13. The Morgan fingerprint density at radius 3 is 2.38 bits per heavy atom. The first kappa shape index (κ1) is 12.0. The van der Waals surface area contributed by atoms with E-state index in [1.165, 1.54) is 0 Å². The third-order valence-electron chi connectivity index (χ3n) is 2.12. The molecule has 0 N–H and O–H groups in total. The summed E-state index contributed by atoms with van der Waals surface area (Å²) in [4.78, 5) is 13.0. The second kappa shape index (κ2) is 5.25. The highest BCUT2D eigenvalue weighted by Crippen LogP contribution is 2.21. The predicted octanol–water partition coefficient (Wildman–Crippen LogP) is 4.70. The molecule has 1 aromatic carbocycles. The number of halogens is 2. The van der Waals surface area contributed by atoms with E-state index in [9.17, 15) is 4.79 Å². The summed E-state index contributed by atoms with van der Waals surface area (Å²) in [6.45, 7) is 0. The predicted molar refractivity (Wildman–Crippen MR) is 74.2 cm³/mol. The van der Waals surface area contributed by atoms with Crippen molar-refractivity contribution in [1.29, 1.82) is 0 Å². The Bertz CT molecular complexity index is 502. The van der Waals surface area contributed by atoms with Crippen molar-refractivity contribution in [3.8, 4) is 0 Å². The highest BCUT2D eigenvalue weighted by Gasteiger charge is 2.08. The van der Waals surface area contributed by atoms with Gasteiger partial charge in [-0.15, -0.1) is 11.3 Å². The highest BCUT2D eigenvalue weighted by atomic mass is 79.9. The minimum atomic E-state index is 0.154. The van der Waals surface area contributed by atoms with Gasteiger partial charge in [0.1, 0.15) is 0 Å². The van der Waals surface area contributed by atoms with Gasteiger partial charge in [-0.25, -0.2) is 0 Å². The van der Waals surface area contributed by atoms with E-state index in [-0.39, 0.29) is 5.78 Å². The first-order chi connectivity index (χ1) is 7.65. The molecule has 2 aromatic rings. The average Bonchev–Trinajstić information content (AvgIpc) is 2.65. The summed E-state index contributed by atoms with van der Waals surface area (Å²) in [6, 6.07) is 9.45. The fourth-order valence-electron chi connectivity index (χ4n) is 1.34. The summed E-state index contributed by atoms with van der Waals surface area (Å²) in [5, 5.41) is 1.99. The van der Waals surface area contributed by atoms with Gasteiger partial charge in [0.25, 0.3) is 0 Å². The minimum absolute atomic E-state index is 0.154. The average molecular weight is 360 g/mol. The lowest BCUT2D eigenvalue weighted by molar-refractivity contribution is 0.0994. The number of benzene rings is 1. The highest BCUT2D eigenvalue weighted by molar-refractivity contribution is 9.10. The van der Waals surface area contributed by atoms with Gasteiger partial charge in [-0.2, -0.15) is 0 Å². The lowest BCUT2D eigenvalue weighted by Gasteiger charge is -1.99. The molecular weight excluding hydrogens is 352 g/mol. The Hall–Kier alpha value is -0.450. The van der Waals surface area contributed by atoms with Crippen molar-refractivity contribution in [2.45, 2.75) is 6.42 Å². The van der Waals surface area contributed by atoms with Crippen molar-refractivity contribution in [2.75, 3.05) is 0 Å². The van der Waals surface area contributed by atoms with E-state index in [0.29, 0.717) is 6.42 Å². The van der Waals surface area contributed by atoms with E-state index in [2.05, 4.69) is 31.9 Å². The SMILES string of the molecule is O=C(Cc1cc(Br)cs1)c1ccc(Br)cc1. The maximum absolute atomic E-state index is 11.9. The second-order valence-electron chi connectivity index (χ2n) is 3.34. The smallest absolute Gasteiger partial charge is 0.168 e. The Balaban J connectivity index is 2.11. The van der Waals surface area contributed by atoms with Crippen LogP contribution >= 0.6 is 43.2 Å². The molecule has 0 saturated carbocycles. The molecule has 1 aromatic heterocycles. The number of carbonyl (C=O) groups is 1. The third kappa shape index (κ3) is 3.03. The van der Waals surface area contributed by atoms with E-state index < -0.39 is 0 Å². The van der Waals surface area contributed by atoms with E-state index >= 15 is 0 Å². The van der Waals surface area contributed by atoms with Gasteiger partial charge in [-0.3, -0.25) is 4.79 Å². The summed E-state index contributed by atoms with van der Waals surface area (Å²) in [6.07, 6.45) is 0.470. The van der Waals surface area contributed by atoms with Gasteiger partial charge in [0.15, 0.2) is 5.78 Å². The van der Waals surface area contributed by atoms with E-state index in [0.717, 1.165) is 19.4 Å². The summed E-state index contributed by atoms with van der Waals surface area (Å²) < 4.78 is 2.03. The normalized spacial score (nSPS) is 10.4. The van der Waals surface area contributed by atoms with Crippen LogP contribution < -0.4 is 0 Å². The van der Waals surface area contributed by atoms with Crippen LogP contribution in [0, 0.1) is 0 Å². The lowest BCUT2D eigenvalue weighted by Crippen LogP contribution is -2.01. The number of hydrogen-bond donors (Lipinski definition) is 0. The van der Waals surface area contributed by atoms with Gasteiger partial charge in [0.05, 0.1) is 0 Å². The van der Waals surface area contributed by atoms with Gasteiger partial charge in [-0.05, 0) is 34.1 Å². The van der Waals surface area contributed by atoms with Crippen LogP contribution in [0.1, 0.15) is 15.2 Å². The van der Waals surface area contributed by atoms with Crippen molar-refractivity contribution >= 4 is 49.0 Å². The van der Waals surface area contributed by atoms with E-state index in [1.807, 2.05) is 35.7 Å². The number of rotatable bonds is 3. The quantitative estimate of drug-likeness (QED) is 0.726. The van der Waals surface area contributed by atoms with Gasteiger partial charge < -0.3 is 0 Å². The molecule has 2 rings (SSSR count). The van der Waals surface area contributed by atoms with Crippen molar-refractivity contribution < 1.29 is 4.79 Å². The molecule has 0 aliphatic carbocycles. The molecule has 0 unspecified atom stereocenters. The fraction of sp³-hybridized carbons (Fsp3) is 0.0833. The molecule has 0 aliphatic heterocycles. The summed E-state index contributed by atoms with van der Waals surface area (Å²) >= 11 is 8.33. The number of Topliss-reactive ketones (excluding diaryl/α,β-unsaturated/α-hetero) is 1. The van der Waals surface area contributed by atoms with Gasteiger partial charge in [0.2, 0.25) is 0 Å². The zero-order valence-electron chi connectivity index (χ0n) is 8.24. The monoisotopic (exact) mass is 358 g/mol. The maximum atomic E-state index is 11.9. The Morgan fingerprint density at radius 2 is 1.81 bits per heavy atom. The standard InChI is InChI=1S/C12H8Br2OS/c13-9-3-1-8(2-4-9)12(15)6-11-5-10(14)7-16-11/h1-5,7H,6H2. The van der Waals surface area contributed by atoms with Crippen LogP contribution in [0.2, 0.25) is 0 Å². The van der Waals surface area contributed by atoms with Crippen LogP contribution in [0.15, 0.2) is 44.7 Å². The summed E-state index contributed by atoms with van der Waals surface area (Å²) in [7, 11) is 0. The lowest BCUT2D eigenvalue weighted by atomic mass is 10.1. The van der Waals surface area contributed by atoms with E-state index in [4.69, 9.17) is 0 Å². The van der Waals surface area contributed by atoms with Gasteiger partial charge >= 0.3 is 0 Å². The molecule has 0 saturated heterocycles. The van der Waals surface area contributed by atoms with Crippen LogP contribution in [-0.4, -0.2) is 5.78 Å². The zero-order chi connectivity index (χ0) is 11.5. The molecule has 16 heavy (non-hydrogen) atoms. The van der Waals surface area contributed by atoms with Crippen molar-refractivity contribution in [3.63, 3.8) is 0 Å². The Labute approximate surface area is 115 Å². The second-order valence-corrected chi connectivity index (χ2v) is 6.17. The third-order valence-corrected chi connectivity index (χ3v) is 4.35. The van der Waals surface area contributed by atoms with Gasteiger partial charge in [-0.1, -0.05) is 28.1 Å². The number of carbonyl (C=O) groups excluding carboxylic acids is 1. The summed E-state index contributed by atoms with van der Waals surface area (Å²) in [5.41, 5.74) is 0.757. The molecule has 0 amide bonds. The molecule has 0 spiro atoms. The molecule has 82 valence electrons. The molecule has 1 heterocycles. The van der Waals surface area contributed by atoms with Crippen molar-refractivity contribution in [2.24, 2.45) is 0 Å². The van der Waals surface area contributed by atoms with Crippen molar-refractivity contribution in [1.82, 2.24) is 0 Å². The molecule has 0 bridgehead atoms. The molecule has 0 fully saturated rings. The van der Waals surface area contributed by atoms with Crippen molar-refractivity contribution in [3.05, 3.63) is 55.1 Å². The fourth-order valence-corrected chi connectivity index (χ4v) is 3.06. The topological polar surface area (TPSA) is 17.1 Å². The largest absolute Gasteiger partial charge is 0.294 e. The molecule has 4 heteroatoms. The zero-order valence-corrected chi connectivity index (χ0v) is 12.2. The minimum Gasteiger partial charge on any atom is -0.294 e. The van der Waals surface area contributed by atoms with E-state index in [1.54, 1.807) is 11.3 Å². The van der Waals surface area contributed by atoms with Crippen LogP contribution in [0.4, 0.5) is 0 Å². The summed E-state index contributed by atoms with van der Waals surface area (Å²) in [5.74, 6) is 0.154. The maximum Gasteiger partial charge on any atom is 0.168 e. The first-order valence-electron chi connectivity index (χ1n) is 4.67. The van der Waals surface area contributed by atoms with Crippen LogP contribution in [0.5, 0.6) is 0 Å². The molecular formula is C12H8Br2OS. The number of ketones is 1. The van der Waals surface area contributed by atoms with Crippen LogP contribution in [0.3, 0.4) is 0 Å². The Kier molecular flexibility index (Phi) is 3.95. The molecule has 0 radical (unpaired) electrons. The molecule has 1 nitrogen and oxygen atoms in total. The molecule has 0 atom stereocenters. The van der Waals surface area contributed by atoms with Crippen LogP contribution in [0.25, 0.3) is 0 Å². The molecule has 0 aliphatic rings. The number of hydrogen-bond acceptors (Lipinski definition) is 2.